The van der Waals surface area contributed by atoms with Crippen LogP contribution in [0.15, 0.2) is 18.2 Å². The summed E-state index contributed by atoms with van der Waals surface area (Å²) in [6, 6.07) is 5.95. The minimum atomic E-state index is -0.990. The van der Waals surface area contributed by atoms with Crippen LogP contribution >= 0.6 is 0 Å². The van der Waals surface area contributed by atoms with Gasteiger partial charge in [0.1, 0.15) is 5.75 Å². The van der Waals surface area contributed by atoms with Gasteiger partial charge >= 0.3 is 0 Å². The second kappa shape index (κ2) is 6.48. The van der Waals surface area contributed by atoms with Crippen molar-refractivity contribution in [3.8, 4) is 5.75 Å². The van der Waals surface area contributed by atoms with Crippen molar-refractivity contribution in [1.29, 1.82) is 0 Å². The highest BCUT2D eigenvalue weighted by Crippen LogP contribution is 2.23. The van der Waals surface area contributed by atoms with Crippen LogP contribution in [0.25, 0.3) is 0 Å². The van der Waals surface area contributed by atoms with Crippen molar-refractivity contribution in [2.75, 3.05) is 6.61 Å². The molecule has 118 valence electrons. The van der Waals surface area contributed by atoms with Crippen molar-refractivity contribution >= 4 is 5.91 Å². The number of carbonyl (C=O) groups excluding carboxylic acids is 1. The van der Waals surface area contributed by atoms with Gasteiger partial charge in [-0.3, -0.25) is 4.79 Å². The Morgan fingerprint density at radius 2 is 1.71 bits per heavy atom. The predicted molar refractivity (Wildman–Crippen MR) is 84.5 cm³/mol. The fourth-order valence-electron chi connectivity index (χ4n) is 1.84. The van der Waals surface area contributed by atoms with E-state index in [9.17, 15) is 9.90 Å². The van der Waals surface area contributed by atoms with E-state index in [-0.39, 0.29) is 12.3 Å². The van der Waals surface area contributed by atoms with E-state index in [1.165, 1.54) is 0 Å². The van der Waals surface area contributed by atoms with E-state index < -0.39 is 11.1 Å². The SMILES string of the molecule is Cc1cccc(C)c1OCCC(=O)NC(C)(C)C(C)(C)O. The maximum Gasteiger partial charge on any atom is 0.223 e. The molecule has 0 unspecified atom stereocenters. The maximum atomic E-state index is 12.0. The predicted octanol–water partition coefficient (Wildman–Crippen LogP) is 2.74. The Morgan fingerprint density at radius 3 is 2.19 bits per heavy atom. The van der Waals surface area contributed by atoms with Gasteiger partial charge in [-0.2, -0.15) is 0 Å². The summed E-state index contributed by atoms with van der Waals surface area (Å²) in [5.41, 5.74) is 0.443. The van der Waals surface area contributed by atoms with Crippen LogP contribution in [0.2, 0.25) is 0 Å². The summed E-state index contributed by atoms with van der Waals surface area (Å²) in [7, 11) is 0. The van der Waals surface area contributed by atoms with Gasteiger partial charge < -0.3 is 15.2 Å². The number of para-hydroxylation sites is 1. The minimum absolute atomic E-state index is 0.131. The van der Waals surface area contributed by atoms with E-state index in [4.69, 9.17) is 4.74 Å². The summed E-state index contributed by atoms with van der Waals surface area (Å²) in [5.74, 6) is 0.709. The zero-order valence-corrected chi connectivity index (χ0v) is 13.9. The highest BCUT2D eigenvalue weighted by Gasteiger charge is 2.36. The summed E-state index contributed by atoms with van der Waals surface area (Å²) in [5, 5.41) is 12.9. The number of carbonyl (C=O) groups is 1. The second-order valence-corrected chi connectivity index (χ2v) is 6.55. The Bertz CT molecular complexity index is 481. The first-order valence-corrected chi connectivity index (χ1v) is 7.27. The molecule has 21 heavy (non-hydrogen) atoms. The average molecular weight is 293 g/mol. The largest absolute Gasteiger partial charge is 0.493 e. The molecule has 0 bridgehead atoms. The van der Waals surface area contributed by atoms with Gasteiger partial charge in [-0.1, -0.05) is 18.2 Å². The van der Waals surface area contributed by atoms with E-state index >= 15 is 0 Å². The number of amides is 1. The number of aryl methyl sites for hydroxylation is 2. The van der Waals surface area contributed by atoms with E-state index in [2.05, 4.69) is 5.32 Å². The molecule has 0 aliphatic rings. The second-order valence-electron chi connectivity index (χ2n) is 6.55. The summed E-state index contributed by atoms with van der Waals surface area (Å²) < 4.78 is 5.72. The third kappa shape index (κ3) is 4.74. The summed E-state index contributed by atoms with van der Waals surface area (Å²) in [6.45, 7) is 11.3. The van der Waals surface area contributed by atoms with E-state index in [1.54, 1.807) is 27.7 Å². The molecule has 4 nitrogen and oxygen atoms in total. The fraction of sp³-hybridized carbons (Fsp3) is 0.588. The first-order valence-electron chi connectivity index (χ1n) is 7.27. The summed E-state index contributed by atoms with van der Waals surface area (Å²) >= 11 is 0. The molecule has 0 aliphatic heterocycles. The van der Waals surface area contributed by atoms with Gasteiger partial charge in [0.05, 0.1) is 24.2 Å². The molecule has 0 spiro atoms. The van der Waals surface area contributed by atoms with Gasteiger partial charge in [-0.25, -0.2) is 0 Å². The standard InChI is InChI=1S/C17H27NO3/c1-12-8-7-9-13(2)15(12)21-11-10-14(19)18-16(3,4)17(5,6)20/h7-9,20H,10-11H2,1-6H3,(H,18,19). The Labute approximate surface area is 127 Å². The zero-order chi connectivity index (χ0) is 16.3. The fourth-order valence-corrected chi connectivity index (χ4v) is 1.84. The molecule has 0 radical (unpaired) electrons. The molecular formula is C17H27NO3. The maximum absolute atomic E-state index is 12.0. The smallest absolute Gasteiger partial charge is 0.223 e. The molecule has 2 N–H and O–H groups in total. The lowest BCUT2D eigenvalue weighted by atomic mass is 9.86. The molecule has 1 aromatic rings. The highest BCUT2D eigenvalue weighted by atomic mass is 16.5. The first kappa shape index (κ1) is 17.5. The van der Waals surface area contributed by atoms with Crippen LogP contribution in [-0.4, -0.2) is 28.8 Å². The average Bonchev–Trinajstić information content (AvgIpc) is 2.30. The highest BCUT2D eigenvalue weighted by molar-refractivity contribution is 5.77. The molecule has 1 amide bonds. The lowest BCUT2D eigenvalue weighted by molar-refractivity contribution is -0.126. The summed E-state index contributed by atoms with van der Waals surface area (Å²) in [6.07, 6.45) is 0.257. The Balaban J connectivity index is 2.52. The first-order chi connectivity index (χ1) is 9.54. The lowest BCUT2D eigenvalue weighted by Gasteiger charge is -2.38. The zero-order valence-electron chi connectivity index (χ0n) is 13.9. The Hall–Kier alpha value is -1.55. The molecule has 0 heterocycles. The number of hydrogen-bond donors (Lipinski definition) is 2. The van der Waals surface area contributed by atoms with Crippen molar-refractivity contribution in [3.05, 3.63) is 29.3 Å². The van der Waals surface area contributed by atoms with Crippen LogP contribution in [0.5, 0.6) is 5.75 Å². The molecule has 0 saturated carbocycles. The van der Waals surface area contributed by atoms with Gasteiger partial charge in [0, 0.05) is 0 Å². The van der Waals surface area contributed by atoms with Gasteiger partial charge in [0.2, 0.25) is 5.91 Å². The third-order valence-electron chi connectivity index (χ3n) is 3.97. The quantitative estimate of drug-likeness (QED) is 0.848. The number of nitrogens with one attached hydrogen (secondary N) is 1. The molecule has 4 heteroatoms. The van der Waals surface area contributed by atoms with Gasteiger partial charge in [-0.15, -0.1) is 0 Å². The molecule has 0 fully saturated rings. The topological polar surface area (TPSA) is 58.6 Å². The van der Waals surface area contributed by atoms with Gasteiger partial charge in [-0.05, 0) is 52.7 Å². The molecule has 0 saturated heterocycles. The Morgan fingerprint density at radius 1 is 1.19 bits per heavy atom. The van der Waals surface area contributed by atoms with Crippen LogP contribution in [0, 0.1) is 13.8 Å². The van der Waals surface area contributed by atoms with Crippen LogP contribution in [-0.2, 0) is 4.79 Å². The van der Waals surface area contributed by atoms with E-state index in [1.807, 2.05) is 32.0 Å². The van der Waals surface area contributed by atoms with Crippen molar-refractivity contribution in [2.45, 2.75) is 59.1 Å². The van der Waals surface area contributed by atoms with Crippen molar-refractivity contribution in [1.82, 2.24) is 5.32 Å². The van der Waals surface area contributed by atoms with Crippen LogP contribution < -0.4 is 10.1 Å². The van der Waals surface area contributed by atoms with Crippen LogP contribution in [0.3, 0.4) is 0 Å². The minimum Gasteiger partial charge on any atom is -0.493 e. The monoisotopic (exact) mass is 293 g/mol. The van der Waals surface area contributed by atoms with Crippen molar-refractivity contribution in [2.24, 2.45) is 0 Å². The number of hydrogen-bond acceptors (Lipinski definition) is 3. The van der Waals surface area contributed by atoms with E-state index in [0.717, 1.165) is 16.9 Å². The van der Waals surface area contributed by atoms with Crippen LogP contribution in [0.4, 0.5) is 0 Å². The van der Waals surface area contributed by atoms with Crippen molar-refractivity contribution in [3.63, 3.8) is 0 Å². The lowest BCUT2D eigenvalue weighted by Crippen LogP contribution is -2.57. The van der Waals surface area contributed by atoms with E-state index in [0.29, 0.717) is 6.61 Å². The third-order valence-corrected chi connectivity index (χ3v) is 3.97. The number of benzene rings is 1. The normalized spacial score (nSPS) is 12.1. The summed E-state index contributed by atoms with van der Waals surface area (Å²) in [4.78, 5) is 12.0. The molecule has 1 rings (SSSR count). The molecule has 0 aliphatic carbocycles. The number of aliphatic hydroxyl groups is 1. The molecule has 0 atom stereocenters. The number of ether oxygens (including phenoxy) is 1. The van der Waals surface area contributed by atoms with Gasteiger partial charge in [0.15, 0.2) is 0 Å². The van der Waals surface area contributed by atoms with Crippen LogP contribution in [0.1, 0.15) is 45.2 Å². The molecular weight excluding hydrogens is 266 g/mol. The number of rotatable bonds is 6. The molecule has 0 aromatic heterocycles. The van der Waals surface area contributed by atoms with Gasteiger partial charge in [0.25, 0.3) is 0 Å². The molecule has 1 aromatic carbocycles. The van der Waals surface area contributed by atoms with Crippen molar-refractivity contribution < 1.29 is 14.6 Å². The Kier molecular flexibility index (Phi) is 5.40.